The maximum atomic E-state index is 5.72. The van der Waals surface area contributed by atoms with Gasteiger partial charge in [0, 0.05) is 16.6 Å². The summed E-state index contributed by atoms with van der Waals surface area (Å²) in [7, 11) is 0. The predicted molar refractivity (Wildman–Crippen MR) is 95.7 cm³/mol. The van der Waals surface area contributed by atoms with Gasteiger partial charge in [-0.25, -0.2) is 4.98 Å². The van der Waals surface area contributed by atoms with Crippen LogP contribution in [-0.2, 0) is 6.42 Å². The maximum absolute atomic E-state index is 5.72. The molecule has 2 rings (SSSR count). The van der Waals surface area contributed by atoms with Gasteiger partial charge in [0.25, 0.3) is 0 Å². The average Bonchev–Trinajstić information content (AvgIpc) is 3.00. The van der Waals surface area contributed by atoms with E-state index >= 15 is 0 Å². The smallest absolute Gasteiger partial charge is 0.123 e. The van der Waals surface area contributed by atoms with Crippen LogP contribution in [0.1, 0.15) is 44.4 Å². The van der Waals surface area contributed by atoms with Crippen LogP contribution < -0.4 is 4.74 Å². The van der Waals surface area contributed by atoms with Gasteiger partial charge in [0.2, 0.25) is 0 Å². The first-order chi connectivity index (χ1) is 10.8. The van der Waals surface area contributed by atoms with Gasteiger partial charge in [-0.3, -0.25) is 0 Å². The molecule has 0 N–H and O–H groups in total. The fourth-order valence-electron chi connectivity index (χ4n) is 2.15. The van der Waals surface area contributed by atoms with Crippen molar-refractivity contribution in [2.45, 2.75) is 46.0 Å². The van der Waals surface area contributed by atoms with E-state index in [-0.39, 0.29) is 0 Å². The molecule has 1 aromatic carbocycles. The Balaban J connectivity index is 1.85. The number of allylic oxidation sites excluding steroid dienone is 1. The van der Waals surface area contributed by atoms with Gasteiger partial charge in [-0.1, -0.05) is 45.3 Å². The molecular formula is C19H25NOS. The standard InChI is InChI=1S/C19H25NOS/c1-3-5-6-7-8-14-21-17-12-10-16(11-13-17)19-20-15-18(22-19)9-4-2/h7-8,10-13,15H,3-6,9,14H2,1-2H3. The van der Waals surface area contributed by atoms with Gasteiger partial charge in [-0.2, -0.15) is 0 Å². The van der Waals surface area contributed by atoms with E-state index in [4.69, 9.17) is 4.74 Å². The molecule has 118 valence electrons. The normalized spacial score (nSPS) is 11.2. The summed E-state index contributed by atoms with van der Waals surface area (Å²) < 4.78 is 5.72. The lowest BCUT2D eigenvalue weighted by Crippen LogP contribution is -1.92. The fourth-order valence-corrected chi connectivity index (χ4v) is 3.17. The second-order valence-corrected chi connectivity index (χ2v) is 6.45. The number of aryl methyl sites for hydroxylation is 1. The van der Waals surface area contributed by atoms with Gasteiger partial charge < -0.3 is 4.74 Å². The molecule has 0 atom stereocenters. The number of thiazole rings is 1. The molecule has 0 saturated heterocycles. The van der Waals surface area contributed by atoms with Crippen molar-refractivity contribution in [1.29, 1.82) is 0 Å². The van der Waals surface area contributed by atoms with Crippen LogP contribution in [0.25, 0.3) is 10.6 Å². The Kier molecular flexibility index (Phi) is 7.17. The third-order valence-electron chi connectivity index (χ3n) is 3.39. The van der Waals surface area contributed by atoms with Crippen molar-refractivity contribution in [3.8, 4) is 16.3 Å². The lowest BCUT2D eigenvalue weighted by atomic mass is 10.2. The van der Waals surface area contributed by atoms with Crippen LogP contribution in [0.3, 0.4) is 0 Å². The first-order valence-corrected chi connectivity index (χ1v) is 8.98. The first-order valence-electron chi connectivity index (χ1n) is 8.16. The van der Waals surface area contributed by atoms with E-state index in [0.29, 0.717) is 6.61 Å². The van der Waals surface area contributed by atoms with E-state index in [1.807, 2.05) is 18.3 Å². The van der Waals surface area contributed by atoms with Crippen molar-refractivity contribution < 1.29 is 4.74 Å². The lowest BCUT2D eigenvalue weighted by molar-refractivity contribution is 0.362. The van der Waals surface area contributed by atoms with Crippen molar-refractivity contribution in [1.82, 2.24) is 4.98 Å². The number of nitrogens with zero attached hydrogens (tertiary/aromatic N) is 1. The Labute approximate surface area is 137 Å². The van der Waals surface area contributed by atoms with E-state index in [0.717, 1.165) is 29.2 Å². The molecule has 2 aromatic rings. The minimum atomic E-state index is 0.640. The van der Waals surface area contributed by atoms with Gasteiger partial charge in [-0.05, 0) is 37.1 Å². The molecule has 0 unspecified atom stereocenters. The van der Waals surface area contributed by atoms with Crippen molar-refractivity contribution in [2.24, 2.45) is 0 Å². The van der Waals surface area contributed by atoms with Gasteiger partial charge in [0.05, 0.1) is 0 Å². The summed E-state index contributed by atoms with van der Waals surface area (Å²) >= 11 is 1.78. The monoisotopic (exact) mass is 315 g/mol. The number of aromatic nitrogens is 1. The Hall–Kier alpha value is -1.61. The number of hydrogen-bond donors (Lipinski definition) is 0. The third-order valence-corrected chi connectivity index (χ3v) is 4.49. The summed E-state index contributed by atoms with van der Waals surface area (Å²) in [5.74, 6) is 0.911. The van der Waals surface area contributed by atoms with E-state index in [2.05, 4.69) is 43.1 Å². The fraction of sp³-hybridized carbons (Fsp3) is 0.421. The molecule has 22 heavy (non-hydrogen) atoms. The molecule has 3 heteroatoms. The molecule has 0 aliphatic carbocycles. The lowest BCUT2D eigenvalue weighted by Gasteiger charge is -2.03. The number of ether oxygens (including phenoxy) is 1. The van der Waals surface area contributed by atoms with Gasteiger partial charge >= 0.3 is 0 Å². The van der Waals surface area contributed by atoms with Crippen LogP contribution in [-0.4, -0.2) is 11.6 Å². The molecule has 0 saturated carbocycles. The van der Waals surface area contributed by atoms with E-state index in [1.54, 1.807) is 11.3 Å². The molecule has 2 nitrogen and oxygen atoms in total. The zero-order valence-electron chi connectivity index (χ0n) is 13.5. The molecule has 0 aliphatic heterocycles. The van der Waals surface area contributed by atoms with Gasteiger partial charge in [0.1, 0.15) is 17.4 Å². The molecular weight excluding hydrogens is 290 g/mol. The topological polar surface area (TPSA) is 22.1 Å². The Morgan fingerprint density at radius 2 is 1.91 bits per heavy atom. The van der Waals surface area contributed by atoms with E-state index < -0.39 is 0 Å². The Morgan fingerprint density at radius 1 is 1.09 bits per heavy atom. The largest absolute Gasteiger partial charge is 0.490 e. The zero-order valence-corrected chi connectivity index (χ0v) is 14.4. The zero-order chi connectivity index (χ0) is 15.6. The highest BCUT2D eigenvalue weighted by Crippen LogP contribution is 2.27. The van der Waals surface area contributed by atoms with E-state index in [1.165, 1.54) is 24.1 Å². The van der Waals surface area contributed by atoms with Gasteiger partial charge in [-0.15, -0.1) is 11.3 Å². The second kappa shape index (κ2) is 9.42. The quantitative estimate of drug-likeness (QED) is 0.425. The highest BCUT2D eigenvalue weighted by molar-refractivity contribution is 7.15. The predicted octanol–water partition coefficient (Wildman–Crippen LogP) is 5.89. The molecule has 0 aliphatic rings. The van der Waals surface area contributed by atoms with Crippen LogP contribution in [0.15, 0.2) is 42.6 Å². The summed E-state index contributed by atoms with van der Waals surface area (Å²) in [6.45, 7) is 5.04. The summed E-state index contributed by atoms with van der Waals surface area (Å²) in [5, 5.41) is 1.09. The maximum Gasteiger partial charge on any atom is 0.123 e. The Morgan fingerprint density at radius 3 is 2.64 bits per heavy atom. The summed E-state index contributed by atoms with van der Waals surface area (Å²) in [5.41, 5.74) is 1.16. The number of benzene rings is 1. The van der Waals surface area contributed by atoms with Crippen LogP contribution in [0, 0.1) is 0 Å². The molecule has 0 spiro atoms. The van der Waals surface area contributed by atoms with Crippen LogP contribution in [0.5, 0.6) is 5.75 Å². The second-order valence-electron chi connectivity index (χ2n) is 5.33. The SMILES string of the molecule is CCCCC=CCOc1ccc(-c2ncc(CCC)s2)cc1. The molecule has 1 aromatic heterocycles. The minimum Gasteiger partial charge on any atom is -0.490 e. The highest BCUT2D eigenvalue weighted by Gasteiger charge is 2.04. The summed E-state index contributed by atoms with van der Waals surface area (Å²) in [6.07, 6.45) is 12.2. The summed E-state index contributed by atoms with van der Waals surface area (Å²) in [6, 6.07) is 8.22. The van der Waals surface area contributed by atoms with Crippen molar-refractivity contribution in [2.75, 3.05) is 6.61 Å². The molecule has 0 radical (unpaired) electrons. The number of rotatable bonds is 9. The van der Waals surface area contributed by atoms with E-state index in [9.17, 15) is 0 Å². The Bertz CT molecular complexity index is 571. The number of hydrogen-bond acceptors (Lipinski definition) is 3. The van der Waals surface area contributed by atoms with Gasteiger partial charge in [0.15, 0.2) is 0 Å². The van der Waals surface area contributed by atoms with Crippen molar-refractivity contribution in [3.63, 3.8) is 0 Å². The van der Waals surface area contributed by atoms with Crippen LogP contribution in [0.4, 0.5) is 0 Å². The van der Waals surface area contributed by atoms with Crippen molar-refractivity contribution >= 4 is 11.3 Å². The first kappa shape index (κ1) is 16.8. The third kappa shape index (κ3) is 5.30. The average molecular weight is 315 g/mol. The molecule has 0 fully saturated rings. The summed E-state index contributed by atoms with van der Waals surface area (Å²) in [4.78, 5) is 5.86. The van der Waals surface area contributed by atoms with Crippen molar-refractivity contribution in [3.05, 3.63) is 47.5 Å². The number of unbranched alkanes of at least 4 members (excludes halogenated alkanes) is 2. The highest BCUT2D eigenvalue weighted by atomic mass is 32.1. The molecule has 0 amide bonds. The minimum absolute atomic E-state index is 0.640. The van der Waals surface area contributed by atoms with Crippen LogP contribution >= 0.6 is 11.3 Å². The molecule has 1 heterocycles. The van der Waals surface area contributed by atoms with Crippen LogP contribution in [0.2, 0.25) is 0 Å². The molecule has 0 bridgehead atoms.